The van der Waals surface area contributed by atoms with Gasteiger partial charge in [0.2, 0.25) is 5.91 Å². The monoisotopic (exact) mass is 311 g/mol. The highest BCUT2D eigenvalue weighted by Gasteiger charge is 2.28. The van der Waals surface area contributed by atoms with Crippen molar-refractivity contribution < 1.29 is 4.79 Å². The van der Waals surface area contributed by atoms with Crippen molar-refractivity contribution in [2.24, 2.45) is 7.05 Å². The second kappa shape index (κ2) is 6.59. The van der Waals surface area contributed by atoms with Crippen LogP contribution in [-0.2, 0) is 11.8 Å². The van der Waals surface area contributed by atoms with Crippen LogP contribution in [0.4, 0.5) is 5.69 Å². The Labute approximate surface area is 138 Å². The van der Waals surface area contributed by atoms with Gasteiger partial charge in [0.25, 0.3) is 0 Å². The van der Waals surface area contributed by atoms with E-state index in [4.69, 9.17) is 0 Å². The Hall–Kier alpha value is -2.07. The lowest BCUT2D eigenvalue weighted by atomic mass is 10.1. The molecule has 0 aliphatic carbocycles. The van der Waals surface area contributed by atoms with E-state index in [1.54, 1.807) is 0 Å². The van der Waals surface area contributed by atoms with Gasteiger partial charge in [-0.15, -0.1) is 0 Å². The van der Waals surface area contributed by atoms with E-state index in [1.165, 1.54) is 11.3 Å². The molecule has 1 saturated heterocycles. The number of likely N-dealkylation sites (tertiary alicyclic amines) is 1. The molecule has 3 rings (SSSR count). The van der Waals surface area contributed by atoms with Crippen molar-refractivity contribution in [3.8, 4) is 0 Å². The van der Waals surface area contributed by atoms with Gasteiger partial charge in [0.05, 0.1) is 12.6 Å². The van der Waals surface area contributed by atoms with E-state index in [0.717, 1.165) is 30.6 Å². The summed E-state index contributed by atoms with van der Waals surface area (Å²) in [4.78, 5) is 14.7. The van der Waals surface area contributed by atoms with Gasteiger partial charge in [0.1, 0.15) is 0 Å². The predicted molar refractivity (Wildman–Crippen MR) is 93.5 cm³/mol. The molecule has 2 heterocycles. The summed E-state index contributed by atoms with van der Waals surface area (Å²) >= 11 is 0. The lowest BCUT2D eigenvalue weighted by molar-refractivity contribution is -0.117. The van der Waals surface area contributed by atoms with Crippen LogP contribution < -0.4 is 5.32 Å². The molecule has 0 unspecified atom stereocenters. The topological polar surface area (TPSA) is 37.3 Å². The van der Waals surface area contributed by atoms with Crippen LogP contribution in [0.25, 0.3) is 0 Å². The second-order valence-corrected chi connectivity index (χ2v) is 6.54. The minimum Gasteiger partial charge on any atom is -0.353 e. The molecule has 1 aromatic carbocycles. The van der Waals surface area contributed by atoms with Crippen LogP contribution in [0.15, 0.2) is 36.5 Å². The first kappa shape index (κ1) is 15.8. The molecule has 2 aromatic rings. The van der Waals surface area contributed by atoms with E-state index in [9.17, 15) is 4.79 Å². The number of carbonyl (C=O) groups excluding carboxylic acids is 1. The highest BCUT2D eigenvalue weighted by Crippen LogP contribution is 2.31. The van der Waals surface area contributed by atoms with Crippen molar-refractivity contribution >= 4 is 11.6 Å². The van der Waals surface area contributed by atoms with Gasteiger partial charge in [0.15, 0.2) is 0 Å². The van der Waals surface area contributed by atoms with E-state index in [2.05, 4.69) is 53.2 Å². The molecule has 4 nitrogen and oxygen atoms in total. The van der Waals surface area contributed by atoms with E-state index in [-0.39, 0.29) is 5.91 Å². The first-order valence-corrected chi connectivity index (χ1v) is 8.27. The van der Waals surface area contributed by atoms with Crippen LogP contribution in [0.1, 0.15) is 35.7 Å². The first-order chi connectivity index (χ1) is 11.0. The van der Waals surface area contributed by atoms with Crippen molar-refractivity contribution in [3.05, 3.63) is 53.3 Å². The fourth-order valence-corrected chi connectivity index (χ4v) is 3.50. The van der Waals surface area contributed by atoms with Gasteiger partial charge in [-0.05, 0) is 57.0 Å². The number of carbonyl (C=O) groups is 1. The molecule has 0 radical (unpaired) electrons. The summed E-state index contributed by atoms with van der Waals surface area (Å²) in [6.07, 6.45) is 4.34. The van der Waals surface area contributed by atoms with Crippen molar-refractivity contribution in [2.75, 3.05) is 18.4 Å². The minimum absolute atomic E-state index is 0.0677. The molecule has 122 valence electrons. The fraction of sp³-hybridized carbons (Fsp3) is 0.421. The van der Waals surface area contributed by atoms with E-state index in [1.807, 2.05) is 19.1 Å². The molecule has 1 fully saturated rings. The molecule has 0 bridgehead atoms. The lowest BCUT2D eigenvalue weighted by Crippen LogP contribution is -2.33. The maximum Gasteiger partial charge on any atom is 0.238 e. The number of nitrogens with one attached hydrogen (secondary N) is 1. The Kier molecular flexibility index (Phi) is 4.53. The Morgan fingerprint density at radius 1 is 1.30 bits per heavy atom. The fourth-order valence-electron chi connectivity index (χ4n) is 3.50. The number of aryl methyl sites for hydroxylation is 3. The second-order valence-electron chi connectivity index (χ2n) is 6.54. The maximum absolute atomic E-state index is 12.4. The predicted octanol–water partition coefficient (Wildman–Crippen LogP) is 3.42. The zero-order valence-electron chi connectivity index (χ0n) is 14.2. The quantitative estimate of drug-likeness (QED) is 0.939. The van der Waals surface area contributed by atoms with Gasteiger partial charge >= 0.3 is 0 Å². The number of hydrogen-bond acceptors (Lipinski definition) is 2. The number of rotatable bonds is 4. The summed E-state index contributed by atoms with van der Waals surface area (Å²) in [6, 6.07) is 10.7. The highest BCUT2D eigenvalue weighted by molar-refractivity contribution is 5.93. The van der Waals surface area contributed by atoms with Crippen LogP contribution in [0.3, 0.4) is 0 Å². The maximum atomic E-state index is 12.4. The third kappa shape index (κ3) is 3.48. The molecular formula is C19H25N3O. The summed E-state index contributed by atoms with van der Waals surface area (Å²) in [7, 11) is 2.07. The van der Waals surface area contributed by atoms with E-state index >= 15 is 0 Å². The van der Waals surface area contributed by atoms with Crippen molar-refractivity contribution in [1.29, 1.82) is 0 Å². The third-order valence-electron chi connectivity index (χ3n) is 4.69. The Morgan fingerprint density at radius 2 is 2.13 bits per heavy atom. The number of aromatic nitrogens is 1. The molecule has 0 spiro atoms. The van der Waals surface area contributed by atoms with Gasteiger partial charge in [-0.1, -0.05) is 17.7 Å². The lowest BCUT2D eigenvalue weighted by Gasteiger charge is -2.24. The SMILES string of the molecule is Cc1ccc(NC(=O)CN2CCC[C@H]2c2cccn2C)c(C)c1. The van der Waals surface area contributed by atoms with E-state index in [0.29, 0.717) is 12.6 Å². The number of amides is 1. The molecule has 1 aliphatic rings. The molecule has 4 heteroatoms. The molecule has 1 aromatic heterocycles. The minimum atomic E-state index is 0.0677. The molecule has 1 N–H and O–H groups in total. The Bertz CT molecular complexity index is 704. The number of anilines is 1. The van der Waals surface area contributed by atoms with Crippen LogP contribution >= 0.6 is 0 Å². The Balaban J connectivity index is 1.66. The molecule has 1 amide bonds. The average Bonchev–Trinajstić information content (AvgIpc) is 3.10. The number of benzene rings is 1. The van der Waals surface area contributed by atoms with Gasteiger partial charge in [-0.3, -0.25) is 9.69 Å². The first-order valence-electron chi connectivity index (χ1n) is 8.27. The van der Waals surface area contributed by atoms with Crippen molar-refractivity contribution in [2.45, 2.75) is 32.7 Å². The Morgan fingerprint density at radius 3 is 2.83 bits per heavy atom. The third-order valence-corrected chi connectivity index (χ3v) is 4.69. The summed E-state index contributed by atoms with van der Waals surface area (Å²) in [5.74, 6) is 0.0677. The molecule has 1 atom stereocenters. The zero-order chi connectivity index (χ0) is 16.4. The standard InChI is InChI=1S/C19H25N3O/c1-14-8-9-16(15(2)12-14)20-19(23)13-22-11-5-7-18(22)17-6-4-10-21(17)3/h4,6,8-10,12,18H,5,7,11,13H2,1-3H3,(H,20,23)/t18-/m0/s1. The van der Waals surface area contributed by atoms with Crippen molar-refractivity contribution in [1.82, 2.24) is 9.47 Å². The van der Waals surface area contributed by atoms with Gasteiger partial charge in [0, 0.05) is 24.6 Å². The average molecular weight is 311 g/mol. The van der Waals surface area contributed by atoms with E-state index < -0.39 is 0 Å². The van der Waals surface area contributed by atoms with Crippen LogP contribution in [0.2, 0.25) is 0 Å². The van der Waals surface area contributed by atoms with Crippen molar-refractivity contribution in [3.63, 3.8) is 0 Å². The van der Waals surface area contributed by atoms with Crippen LogP contribution in [-0.4, -0.2) is 28.5 Å². The summed E-state index contributed by atoms with van der Waals surface area (Å²) in [6.45, 7) is 5.53. The smallest absolute Gasteiger partial charge is 0.238 e. The zero-order valence-corrected chi connectivity index (χ0v) is 14.2. The molecular weight excluding hydrogens is 286 g/mol. The van der Waals surface area contributed by atoms with Gasteiger partial charge < -0.3 is 9.88 Å². The normalized spacial score (nSPS) is 18.3. The molecule has 1 aliphatic heterocycles. The largest absolute Gasteiger partial charge is 0.353 e. The highest BCUT2D eigenvalue weighted by atomic mass is 16.2. The number of hydrogen-bond donors (Lipinski definition) is 1. The van der Waals surface area contributed by atoms with Gasteiger partial charge in [-0.25, -0.2) is 0 Å². The molecule has 0 saturated carbocycles. The van der Waals surface area contributed by atoms with Gasteiger partial charge in [-0.2, -0.15) is 0 Å². The summed E-state index contributed by atoms with van der Waals surface area (Å²) in [5, 5.41) is 3.06. The van der Waals surface area contributed by atoms with Crippen LogP contribution in [0, 0.1) is 13.8 Å². The summed E-state index contributed by atoms with van der Waals surface area (Å²) in [5.41, 5.74) is 4.53. The van der Waals surface area contributed by atoms with Crippen LogP contribution in [0.5, 0.6) is 0 Å². The summed E-state index contributed by atoms with van der Waals surface area (Å²) < 4.78 is 2.16. The molecule has 23 heavy (non-hydrogen) atoms. The number of nitrogens with zero attached hydrogens (tertiary/aromatic N) is 2.